The zero-order valence-corrected chi connectivity index (χ0v) is 10.2. The Morgan fingerprint density at radius 2 is 1.81 bits per heavy atom. The molecule has 1 atom stereocenters. The van der Waals surface area contributed by atoms with Crippen LogP contribution in [0.15, 0.2) is 24.3 Å². The van der Waals surface area contributed by atoms with Gasteiger partial charge in [-0.15, -0.1) is 0 Å². The van der Waals surface area contributed by atoms with E-state index in [2.05, 4.69) is 5.32 Å². The van der Waals surface area contributed by atoms with Gasteiger partial charge in [-0.25, -0.2) is 0 Å². The predicted molar refractivity (Wildman–Crippen MR) is 66.9 cm³/mol. The van der Waals surface area contributed by atoms with Gasteiger partial charge in [0.15, 0.2) is 0 Å². The van der Waals surface area contributed by atoms with Crippen LogP contribution in [0.2, 0.25) is 0 Å². The second-order valence-electron chi connectivity index (χ2n) is 4.36. The van der Waals surface area contributed by atoms with Crippen molar-refractivity contribution in [1.82, 2.24) is 0 Å². The fourth-order valence-electron chi connectivity index (χ4n) is 1.28. The molecule has 2 N–H and O–H groups in total. The molecule has 90 valence electrons. The predicted octanol–water partition coefficient (Wildman–Crippen LogP) is 2.51. The summed E-state index contributed by atoms with van der Waals surface area (Å²) in [5.41, 5.74) is 1.05. The zero-order valence-electron chi connectivity index (χ0n) is 10.2. The Kier molecular flexibility index (Phi) is 5.12. The van der Waals surface area contributed by atoms with Gasteiger partial charge in [0.2, 0.25) is 0 Å². The topological polar surface area (TPSA) is 41.5 Å². The third-order valence-electron chi connectivity index (χ3n) is 2.19. The van der Waals surface area contributed by atoms with E-state index in [9.17, 15) is 0 Å². The van der Waals surface area contributed by atoms with E-state index >= 15 is 0 Å². The van der Waals surface area contributed by atoms with Gasteiger partial charge in [0, 0.05) is 18.8 Å². The minimum atomic E-state index is 0.202. The number of nitrogens with one attached hydrogen (secondary N) is 1. The molecule has 0 aromatic heterocycles. The van der Waals surface area contributed by atoms with Crippen molar-refractivity contribution >= 4 is 5.69 Å². The summed E-state index contributed by atoms with van der Waals surface area (Å²) in [6.07, 6.45) is 0.202. The summed E-state index contributed by atoms with van der Waals surface area (Å²) < 4.78 is 5.55. The number of hydrogen-bond donors (Lipinski definition) is 2. The van der Waals surface area contributed by atoms with E-state index in [0.29, 0.717) is 0 Å². The highest BCUT2D eigenvalue weighted by molar-refractivity contribution is 5.46. The molecule has 0 saturated carbocycles. The average molecular weight is 223 g/mol. The average Bonchev–Trinajstić information content (AvgIpc) is 2.27. The van der Waals surface area contributed by atoms with Crippen molar-refractivity contribution in [3.63, 3.8) is 0 Å². The SMILES string of the molecule is CC(CO)CNc1ccc(OC(C)C)cc1. The standard InChI is InChI=1S/C13H21NO2/c1-10(2)16-13-6-4-12(5-7-13)14-8-11(3)9-15/h4-7,10-11,14-15H,8-9H2,1-3H3. The molecule has 0 aliphatic carbocycles. The Bertz CT molecular complexity index is 295. The third kappa shape index (κ3) is 4.53. The Labute approximate surface area is 97.4 Å². The van der Waals surface area contributed by atoms with Gasteiger partial charge in [0.25, 0.3) is 0 Å². The van der Waals surface area contributed by atoms with E-state index in [1.165, 1.54) is 0 Å². The summed E-state index contributed by atoms with van der Waals surface area (Å²) >= 11 is 0. The van der Waals surface area contributed by atoms with Crippen LogP contribution in [0, 0.1) is 5.92 Å². The van der Waals surface area contributed by atoms with Crippen LogP contribution in [0.25, 0.3) is 0 Å². The monoisotopic (exact) mass is 223 g/mol. The summed E-state index contributed by atoms with van der Waals surface area (Å²) in [7, 11) is 0. The summed E-state index contributed by atoms with van der Waals surface area (Å²) in [5.74, 6) is 1.15. The summed E-state index contributed by atoms with van der Waals surface area (Å²) in [4.78, 5) is 0. The summed E-state index contributed by atoms with van der Waals surface area (Å²) in [6.45, 7) is 7.01. The molecule has 0 amide bonds. The molecule has 0 heterocycles. The maximum atomic E-state index is 8.90. The van der Waals surface area contributed by atoms with Crippen LogP contribution >= 0.6 is 0 Å². The van der Waals surface area contributed by atoms with Crippen molar-refractivity contribution in [2.75, 3.05) is 18.5 Å². The quantitative estimate of drug-likeness (QED) is 0.778. The van der Waals surface area contributed by atoms with Gasteiger partial charge in [-0.1, -0.05) is 6.92 Å². The number of ether oxygens (including phenoxy) is 1. The van der Waals surface area contributed by atoms with Crippen molar-refractivity contribution in [3.8, 4) is 5.75 Å². The third-order valence-corrected chi connectivity index (χ3v) is 2.19. The van der Waals surface area contributed by atoms with Crippen LogP contribution in [0.5, 0.6) is 5.75 Å². The van der Waals surface area contributed by atoms with Crippen molar-refractivity contribution in [3.05, 3.63) is 24.3 Å². The number of aliphatic hydroxyl groups excluding tert-OH is 1. The lowest BCUT2D eigenvalue weighted by atomic mass is 10.2. The highest BCUT2D eigenvalue weighted by Gasteiger charge is 2.00. The maximum Gasteiger partial charge on any atom is 0.119 e. The Balaban J connectivity index is 2.45. The number of aliphatic hydroxyl groups is 1. The second-order valence-corrected chi connectivity index (χ2v) is 4.36. The molecule has 0 spiro atoms. The highest BCUT2D eigenvalue weighted by atomic mass is 16.5. The lowest BCUT2D eigenvalue weighted by molar-refractivity contribution is 0.242. The maximum absolute atomic E-state index is 8.90. The Morgan fingerprint density at radius 1 is 1.19 bits per heavy atom. The largest absolute Gasteiger partial charge is 0.491 e. The van der Waals surface area contributed by atoms with E-state index in [4.69, 9.17) is 9.84 Å². The summed E-state index contributed by atoms with van der Waals surface area (Å²) in [5, 5.41) is 12.2. The van der Waals surface area contributed by atoms with Gasteiger partial charge >= 0.3 is 0 Å². The van der Waals surface area contributed by atoms with E-state index in [1.807, 2.05) is 45.0 Å². The van der Waals surface area contributed by atoms with Crippen molar-refractivity contribution in [2.24, 2.45) is 5.92 Å². The van der Waals surface area contributed by atoms with Gasteiger partial charge in [-0.2, -0.15) is 0 Å². The molecule has 3 heteroatoms. The molecule has 0 fully saturated rings. The van der Waals surface area contributed by atoms with E-state index < -0.39 is 0 Å². The first-order valence-corrected chi connectivity index (χ1v) is 5.73. The van der Waals surface area contributed by atoms with Crippen LogP contribution in [0.3, 0.4) is 0 Å². The lowest BCUT2D eigenvalue weighted by Crippen LogP contribution is -2.14. The van der Waals surface area contributed by atoms with Crippen LogP contribution in [-0.2, 0) is 0 Å². The number of anilines is 1. The fraction of sp³-hybridized carbons (Fsp3) is 0.538. The van der Waals surface area contributed by atoms with Gasteiger partial charge < -0.3 is 15.2 Å². The molecule has 0 aliphatic rings. The van der Waals surface area contributed by atoms with Crippen molar-refractivity contribution < 1.29 is 9.84 Å². The minimum absolute atomic E-state index is 0.202. The van der Waals surface area contributed by atoms with Crippen LogP contribution in [-0.4, -0.2) is 24.4 Å². The molecular formula is C13H21NO2. The van der Waals surface area contributed by atoms with Crippen molar-refractivity contribution in [2.45, 2.75) is 26.9 Å². The lowest BCUT2D eigenvalue weighted by Gasteiger charge is -2.12. The molecule has 1 rings (SSSR count). The number of hydrogen-bond acceptors (Lipinski definition) is 3. The first-order chi connectivity index (χ1) is 7.61. The minimum Gasteiger partial charge on any atom is -0.491 e. The molecule has 16 heavy (non-hydrogen) atoms. The molecule has 0 saturated heterocycles. The number of benzene rings is 1. The normalized spacial score (nSPS) is 12.6. The van der Waals surface area contributed by atoms with Gasteiger partial charge in [0.1, 0.15) is 5.75 Å². The molecule has 3 nitrogen and oxygen atoms in total. The van der Waals surface area contributed by atoms with Crippen molar-refractivity contribution in [1.29, 1.82) is 0 Å². The van der Waals surface area contributed by atoms with Gasteiger partial charge in [-0.05, 0) is 44.0 Å². The first kappa shape index (κ1) is 12.8. The molecule has 0 radical (unpaired) electrons. The fourth-order valence-corrected chi connectivity index (χ4v) is 1.28. The van der Waals surface area contributed by atoms with Crippen LogP contribution in [0.4, 0.5) is 5.69 Å². The number of rotatable bonds is 6. The Morgan fingerprint density at radius 3 is 2.31 bits per heavy atom. The zero-order chi connectivity index (χ0) is 12.0. The summed E-state index contributed by atoms with van der Waals surface area (Å²) in [6, 6.07) is 7.88. The smallest absolute Gasteiger partial charge is 0.119 e. The second kappa shape index (κ2) is 6.38. The van der Waals surface area contributed by atoms with Gasteiger partial charge in [0.05, 0.1) is 6.10 Å². The highest BCUT2D eigenvalue weighted by Crippen LogP contribution is 2.17. The molecule has 0 aliphatic heterocycles. The van der Waals surface area contributed by atoms with Crippen LogP contribution < -0.4 is 10.1 Å². The first-order valence-electron chi connectivity index (χ1n) is 5.73. The molecule has 1 aromatic rings. The molecule has 1 unspecified atom stereocenters. The van der Waals surface area contributed by atoms with Crippen LogP contribution in [0.1, 0.15) is 20.8 Å². The van der Waals surface area contributed by atoms with Gasteiger partial charge in [-0.3, -0.25) is 0 Å². The molecule has 1 aromatic carbocycles. The van der Waals surface area contributed by atoms with E-state index in [0.717, 1.165) is 18.0 Å². The Hall–Kier alpha value is -1.22. The molecule has 0 bridgehead atoms. The molecular weight excluding hydrogens is 202 g/mol. The van der Waals surface area contributed by atoms with E-state index in [1.54, 1.807) is 0 Å². The van der Waals surface area contributed by atoms with E-state index in [-0.39, 0.29) is 18.6 Å².